The van der Waals surface area contributed by atoms with Crippen LogP contribution in [0.1, 0.15) is 27.8 Å². The minimum Gasteiger partial charge on any atom is -0.457 e. The van der Waals surface area contributed by atoms with E-state index in [9.17, 15) is 35.3 Å². The number of benzene rings is 2. The first-order valence-electron chi connectivity index (χ1n) is 9.08. The molecule has 0 radical (unpaired) electrons. The lowest BCUT2D eigenvalue weighted by Gasteiger charge is -2.24. The van der Waals surface area contributed by atoms with Gasteiger partial charge in [0, 0.05) is 12.1 Å². The van der Waals surface area contributed by atoms with Gasteiger partial charge >= 0.3 is 16.3 Å². The fraction of sp³-hybridized carbons (Fsp3) is 0.211. The number of halogens is 4. The smallest absolute Gasteiger partial charge is 0.437 e. The SMILES string of the molecule is Cc1oc2c(F)c(F)c(F)c(F)c2c1C(=O)ONC(N)c1ccc([N+](C)(C)S(=O)(=O)O)cc1. The Hall–Kier alpha value is -3.04. The Kier molecular flexibility index (Phi) is 6.25. The first-order valence-corrected chi connectivity index (χ1v) is 10.5. The molecule has 9 nitrogen and oxygen atoms in total. The summed E-state index contributed by atoms with van der Waals surface area (Å²) in [6, 6.07) is 5.49. The number of hydroxylamine groups is 1. The van der Waals surface area contributed by atoms with E-state index in [2.05, 4.69) is 5.48 Å². The predicted molar refractivity (Wildman–Crippen MR) is 108 cm³/mol. The Morgan fingerprint density at radius 3 is 2.18 bits per heavy atom. The van der Waals surface area contributed by atoms with Crippen LogP contribution in [0.15, 0.2) is 28.7 Å². The number of aryl methyl sites for hydroxylation is 1. The highest BCUT2D eigenvalue weighted by atomic mass is 32.2. The van der Waals surface area contributed by atoms with Gasteiger partial charge in [-0.25, -0.2) is 22.5 Å². The van der Waals surface area contributed by atoms with Gasteiger partial charge in [0.2, 0.25) is 11.6 Å². The summed E-state index contributed by atoms with van der Waals surface area (Å²) in [5, 5.41) is -0.932. The van der Waals surface area contributed by atoms with Crippen LogP contribution in [0.5, 0.6) is 0 Å². The number of quaternary nitrogens is 1. The van der Waals surface area contributed by atoms with Crippen molar-refractivity contribution >= 4 is 32.9 Å². The summed E-state index contributed by atoms with van der Waals surface area (Å²) in [7, 11) is -2.00. The fourth-order valence-electron chi connectivity index (χ4n) is 2.97. The van der Waals surface area contributed by atoms with E-state index in [-0.39, 0.29) is 11.4 Å². The van der Waals surface area contributed by atoms with Crippen molar-refractivity contribution in [3.8, 4) is 0 Å². The summed E-state index contributed by atoms with van der Waals surface area (Å²) in [5.41, 5.74) is 6.85. The maximum absolute atomic E-state index is 14.2. The molecule has 0 amide bonds. The number of carbonyl (C=O) groups excluding carboxylic acids is 1. The van der Waals surface area contributed by atoms with Crippen molar-refractivity contribution in [2.45, 2.75) is 13.1 Å². The van der Waals surface area contributed by atoms with Crippen LogP contribution in [0, 0.1) is 30.2 Å². The van der Waals surface area contributed by atoms with Gasteiger partial charge in [0.15, 0.2) is 17.2 Å². The van der Waals surface area contributed by atoms with Crippen molar-refractivity contribution < 1.29 is 44.6 Å². The van der Waals surface area contributed by atoms with Crippen LogP contribution in [0.2, 0.25) is 0 Å². The van der Waals surface area contributed by atoms with Crippen LogP contribution in [0.4, 0.5) is 23.2 Å². The summed E-state index contributed by atoms with van der Waals surface area (Å²) in [6.07, 6.45) is -1.17. The van der Waals surface area contributed by atoms with Crippen LogP contribution in [-0.2, 0) is 15.1 Å². The molecule has 0 saturated heterocycles. The van der Waals surface area contributed by atoms with Gasteiger partial charge in [0.1, 0.15) is 23.2 Å². The van der Waals surface area contributed by atoms with Gasteiger partial charge in [0.05, 0.1) is 19.5 Å². The molecule has 3 rings (SSSR count). The van der Waals surface area contributed by atoms with E-state index >= 15 is 0 Å². The molecule has 1 aromatic heterocycles. The molecule has 0 spiro atoms. The van der Waals surface area contributed by atoms with E-state index < -0.39 is 66.1 Å². The first-order chi connectivity index (χ1) is 15.2. The molecule has 178 valence electrons. The summed E-state index contributed by atoms with van der Waals surface area (Å²) >= 11 is 0. The highest BCUT2D eigenvalue weighted by Gasteiger charge is 2.34. The molecule has 1 heterocycles. The van der Waals surface area contributed by atoms with Crippen LogP contribution in [0.3, 0.4) is 0 Å². The normalized spacial score (nSPS) is 13.4. The van der Waals surface area contributed by atoms with Gasteiger partial charge in [-0.05, 0) is 12.5 Å². The highest BCUT2D eigenvalue weighted by molar-refractivity contribution is 7.85. The molecular weight excluding hydrogens is 474 g/mol. The molecule has 2 aromatic carbocycles. The average molecular weight is 492 g/mol. The van der Waals surface area contributed by atoms with Gasteiger partial charge in [-0.3, -0.25) is 0 Å². The second kappa shape index (κ2) is 8.39. The second-order valence-corrected chi connectivity index (χ2v) is 9.18. The molecule has 0 aliphatic rings. The number of hydrogen-bond acceptors (Lipinski definition) is 7. The van der Waals surface area contributed by atoms with Crippen molar-refractivity contribution in [3.05, 3.63) is 64.4 Å². The van der Waals surface area contributed by atoms with Crippen LogP contribution >= 0.6 is 0 Å². The third-order valence-electron chi connectivity index (χ3n) is 5.01. The molecule has 1 unspecified atom stereocenters. The maximum Gasteiger partial charge on any atom is 0.437 e. The zero-order chi connectivity index (χ0) is 24.9. The average Bonchev–Trinajstić information content (AvgIpc) is 3.10. The summed E-state index contributed by atoms with van der Waals surface area (Å²) in [4.78, 5) is 17.2. The molecule has 0 saturated carbocycles. The van der Waals surface area contributed by atoms with Crippen molar-refractivity contribution in [1.82, 2.24) is 9.37 Å². The number of fused-ring (bicyclic) bond motifs is 1. The number of nitrogens with two attached hydrogens (primary N) is 1. The molecule has 1 atom stereocenters. The first kappa shape index (κ1) is 24.6. The summed E-state index contributed by atoms with van der Waals surface area (Å²) in [6.45, 7) is 1.14. The topological polar surface area (TPSA) is 132 Å². The number of nitrogens with zero attached hydrogens (tertiary/aromatic N) is 1. The predicted octanol–water partition coefficient (Wildman–Crippen LogP) is 2.99. The Balaban J connectivity index is 1.82. The Morgan fingerprint density at radius 1 is 1.09 bits per heavy atom. The lowest BCUT2D eigenvalue weighted by atomic mass is 10.1. The molecule has 0 aliphatic heterocycles. The minimum absolute atomic E-state index is 0.192. The van der Waals surface area contributed by atoms with Crippen LogP contribution in [-0.4, -0.2) is 33.0 Å². The number of hydrogen-bond donors (Lipinski definition) is 3. The van der Waals surface area contributed by atoms with E-state index in [0.29, 0.717) is 5.56 Å². The minimum atomic E-state index is -4.46. The van der Waals surface area contributed by atoms with Gasteiger partial charge in [-0.2, -0.15) is 8.28 Å². The van der Waals surface area contributed by atoms with Crippen LogP contribution in [0.25, 0.3) is 11.0 Å². The fourth-order valence-corrected chi connectivity index (χ4v) is 3.35. The number of rotatable bonds is 6. The Labute approximate surface area is 184 Å². The molecule has 4 N–H and O–H groups in total. The van der Waals surface area contributed by atoms with Gasteiger partial charge < -0.3 is 15.0 Å². The standard InChI is InChI=1S/C19H17F4N3O6S/c1-8-11(12-13(20)14(21)15(22)16(23)17(12)31-8)19(27)32-25-18(24)9-4-6-10(7-5-9)26(2,3)33(28,29)30/h4-7,18,25H,24H2,1-3H3/p+1. The monoisotopic (exact) mass is 492 g/mol. The maximum atomic E-state index is 14.2. The number of nitrogens with one attached hydrogen (secondary N) is 1. The quantitative estimate of drug-likeness (QED) is 0.0910. The van der Waals surface area contributed by atoms with E-state index in [1.54, 1.807) is 0 Å². The molecule has 33 heavy (non-hydrogen) atoms. The molecular formula is C19H18F4N3O6S+. The largest absolute Gasteiger partial charge is 0.457 e. The molecule has 14 heteroatoms. The van der Waals surface area contributed by atoms with E-state index in [1.165, 1.54) is 38.4 Å². The lowest BCUT2D eigenvalue weighted by Crippen LogP contribution is -2.45. The van der Waals surface area contributed by atoms with Crippen LogP contribution < -0.4 is 15.1 Å². The molecule has 0 bridgehead atoms. The van der Waals surface area contributed by atoms with Crippen molar-refractivity contribution in [2.75, 3.05) is 14.1 Å². The summed E-state index contributed by atoms with van der Waals surface area (Å²) in [5.74, 6) is -9.51. The highest BCUT2D eigenvalue weighted by Crippen LogP contribution is 2.33. The zero-order valence-corrected chi connectivity index (χ0v) is 18.1. The van der Waals surface area contributed by atoms with Gasteiger partial charge in [-0.15, -0.1) is 13.9 Å². The lowest BCUT2D eigenvalue weighted by molar-refractivity contribution is 0.0157. The molecule has 3 aromatic rings. The second-order valence-electron chi connectivity index (χ2n) is 7.37. The van der Waals surface area contributed by atoms with E-state index in [1.807, 2.05) is 0 Å². The van der Waals surface area contributed by atoms with Crippen molar-refractivity contribution in [1.29, 1.82) is 0 Å². The summed E-state index contributed by atoms with van der Waals surface area (Å²) < 4.78 is 91.5. The van der Waals surface area contributed by atoms with E-state index in [4.69, 9.17) is 15.0 Å². The van der Waals surface area contributed by atoms with Crippen molar-refractivity contribution in [3.63, 3.8) is 0 Å². The molecule has 0 fully saturated rings. The number of carbonyl (C=O) groups is 1. The zero-order valence-electron chi connectivity index (χ0n) is 17.3. The van der Waals surface area contributed by atoms with Gasteiger partial charge in [-0.1, -0.05) is 12.1 Å². The van der Waals surface area contributed by atoms with E-state index in [0.717, 1.165) is 6.92 Å². The third kappa shape index (κ3) is 4.18. The van der Waals surface area contributed by atoms with Crippen molar-refractivity contribution in [2.24, 2.45) is 5.73 Å². The Bertz CT molecular complexity index is 1360. The number of furan rings is 1. The Morgan fingerprint density at radius 2 is 1.64 bits per heavy atom. The van der Waals surface area contributed by atoms with Gasteiger partial charge in [0.25, 0.3) is 0 Å². The molecule has 0 aliphatic carbocycles. The third-order valence-corrected chi connectivity index (χ3v) is 6.38.